The number of nitrogens with zero attached hydrogens (tertiary/aromatic N) is 3. The quantitative estimate of drug-likeness (QED) is 0.849. The van der Waals surface area contributed by atoms with Crippen LogP contribution in [0.25, 0.3) is 0 Å². The van der Waals surface area contributed by atoms with Gasteiger partial charge in [-0.1, -0.05) is 19.9 Å². The van der Waals surface area contributed by atoms with Crippen molar-refractivity contribution in [2.75, 3.05) is 23.3 Å². The third-order valence-electron chi connectivity index (χ3n) is 3.28. The molecule has 0 aliphatic rings. The van der Waals surface area contributed by atoms with Gasteiger partial charge in [-0.05, 0) is 31.0 Å². The van der Waals surface area contributed by atoms with Crippen LogP contribution in [0.3, 0.4) is 0 Å². The number of amides is 1. The van der Waals surface area contributed by atoms with Crippen molar-refractivity contribution in [1.82, 2.24) is 9.97 Å². The summed E-state index contributed by atoms with van der Waals surface area (Å²) < 4.78 is 13.2. The molecule has 1 aromatic carbocycles. The fourth-order valence-corrected chi connectivity index (χ4v) is 2.29. The smallest absolute Gasteiger partial charge is 0.274 e. The van der Waals surface area contributed by atoms with Gasteiger partial charge in [0.05, 0.1) is 0 Å². The van der Waals surface area contributed by atoms with Crippen LogP contribution in [-0.4, -0.2) is 29.0 Å². The van der Waals surface area contributed by atoms with Gasteiger partial charge in [0.25, 0.3) is 5.91 Å². The SMILES string of the molecule is CCCN(CCC)c1cc(C(=O)Nc2cccc(F)c2)ncn1. The standard InChI is InChI=1S/C17H21FN4O/c1-3-8-22(9-4-2)16-11-15(19-12-20-16)17(23)21-14-7-5-6-13(18)10-14/h5-7,10-12H,3-4,8-9H2,1-2H3,(H,21,23). The van der Waals surface area contributed by atoms with Crippen molar-refractivity contribution in [3.63, 3.8) is 0 Å². The van der Waals surface area contributed by atoms with Crippen molar-refractivity contribution in [2.45, 2.75) is 26.7 Å². The molecule has 0 aliphatic carbocycles. The van der Waals surface area contributed by atoms with E-state index >= 15 is 0 Å². The molecule has 0 aliphatic heterocycles. The number of benzene rings is 1. The number of halogens is 1. The van der Waals surface area contributed by atoms with Gasteiger partial charge in [0.1, 0.15) is 23.7 Å². The Labute approximate surface area is 135 Å². The molecule has 0 saturated carbocycles. The lowest BCUT2D eigenvalue weighted by Gasteiger charge is -2.22. The first-order valence-corrected chi connectivity index (χ1v) is 7.78. The van der Waals surface area contributed by atoms with E-state index in [0.29, 0.717) is 5.69 Å². The molecule has 2 rings (SSSR count). The Morgan fingerprint density at radius 2 is 1.91 bits per heavy atom. The first-order valence-electron chi connectivity index (χ1n) is 7.78. The Kier molecular flexibility index (Phi) is 6.02. The number of carbonyl (C=O) groups excluding carboxylic acids is 1. The molecular weight excluding hydrogens is 295 g/mol. The van der Waals surface area contributed by atoms with Crippen molar-refractivity contribution in [1.29, 1.82) is 0 Å². The third-order valence-corrected chi connectivity index (χ3v) is 3.28. The molecule has 1 N–H and O–H groups in total. The van der Waals surface area contributed by atoms with Crippen LogP contribution >= 0.6 is 0 Å². The summed E-state index contributed by atoms with van der Waals surface area (Å²) in [6, 6.07) is 7.43. The van der Waals surface area contributed by atoms with Gasteiger partial charge >= 0.3 is 0 Å². The van der Waals surface area contributed by atoms with Gasteiger partial charge in [-0.25, -0.2) is 14.4 Å². The van der Waals surface area contributed by atoms with E-state index in [1.54, 1.807) is 18.2 Å². The van der Waals surface area contributed by atoms with Crippen LogP contribution in [-0.2, 0) is 0 Å². The number of hydrogen-bond donors (Lipinski definition) is 1. The van der Waals surface area contributed by atoms with Crippen LogP contribution in [0.2, 0.25) is 0 Å². The summed E-state index contributed by atoms with van der Waals surface area (Å²) >= 11 is 0. The minimum absolute atomic E-state index is 0.261. The molecule has 1 aromatic heterocycles. The minimum Gasteiger partial charge on any atom is -0.357 e. The highest BCUT2D eigenvalue weighted by Gasteiger charge is 2.12. The molecule has 0 unspecified atom stereocenters. The van der Waals surface area contributed by atoms with E-state index in [1.807, 2.05) is 0 Å². The molecule has 0 fully saturated rings. The van der Waals surface area contributed by atoms with Crippen molar-refractivity contribution < 1.29 is 9.18 Å². The number of anilines is 2. The second kappa shape index (κ2) is 8.22. The first kappa shape index (κ1) is 16.9. The Morgan fingerprint density at radius 1 is 1.17 bits per heavy atom. The van der Waals surface area contributed by atoms with E-state index in [1.165, 1.54) is 18.5 Å². The molecule has 6 heteroatoms. The molecule has 1 amide bonds. The van der Waals surface area contributed by atoms with Crippen LogP contribution in [0.5, 0.6) is 0 Å². The maximum atomic E-state index is 13.2. The Hall–Kier alpha value is -2.50. The predicted octanol–water partition coefficient (Wildman–Crippen LogP) is 3.49. The van der Waals surface area contributed by atoms with Gasteiger partial charge in [-0.15, -0.1) is 0 Å². The normalized spacial score (nSPS) is 10.4. The largest absolute Gasteiger partial charge is 0.357 e. The molecule has 0 saturated heterocycles. The van der Waals surface area contributed by atoms with Gasteiger partial charge in [0, 0.05) is 24.8 Å². The number of carbonyl (C=O) groups is 1. The monoisotopic (exact) mass is 316 g/mol. The number of rotatable bonds is 7. The molecular formula is C17H21FN4O. The van der Waals surface area contributed by atoms with Crippen molar-refractivity contribution >= 4 is 17.4 Å². The first-order chi connectivity index (χ1) is 11.1. The maximum Gasteiger partial charge on any atom is 0.274 e. The van der Waals surface area contributed by atoms with E-state index in [2.05, 4.69) is 34.0 Å². The molecule has 1 heterocycles. The van der Waals surface area contributed by atoms with Crippen LogP contribution in [0.1, 0.15) is 37.2 Å². The average Bonchev–Trinajstić information content (AvgIpc) is 2.55. The lowest BCUT2D eigenvalue weighted by Crippen LogP contribution is -2.26. The van der Waals surface area contributed by atoms with Gasteiger partial charge in [-0.2, -0.15) is 0 Å². The molecule has 122 valence electrons. The number of nitrogens with one attached hydrogen (secondary N) is 1. The fraction of sp³-hybridized carbons (Fsp3) is 0.353. The Bertz CT molecular complexity index is 657. The molecule has 0 bridgehead atoms. The Balaban J connectivity index is 2.16. The van der Waals surface area contributed by atoms with E-state index in [4.69, 9.17) is 0 Å². The fourth-order valence-electron chi connectivity index (χ4n) is 2.29. The van der Waals surface area contributed by atoms with Crippen LogP contribution < -0.4 is 10.2 Å². The van der Waals surface area contributed by atoms with E-state index in [-0.39, 0.29) is 11.6 Å². The summed E-state index contributed by atoms with van der Waals surface area (Å²) in [6.45, 7) is 5.94. The molecule has 5 nitrogen and oxygen atoms in total. The summed E-state index contributed by atoms with van der Waals surface area (Å²) in [4.78, 5) is 22.7. The highest BCUT2D eigenvalue weighted by molar-refractivity contribution is 6.03. The lowest BCUT2D eigenvalue weighted by molar-refractivity contribution is 0.102. The highest BCUT2D eigenvalue weighted by atomic mass is 19.1. The maximum absolute atomic E-state index is 13.2. The molecule has 23 heavy (non-hydrogen) atoms. The van der Waals surface area contributed by atoms with E-state index in [9.17, 15) is 9.18 Å². The van der Waals surface area contributed by atoms with Gasteiger partial charge < -0.3 is 10.2 Å². The third kappa shape index (κ3) is 4.74. The summed E-state index contributed by atoms with van der Waals surface area (Å²) in [5.74, 6) is -0.0523. The highest BCUT2D eigenvalue weighted by Crippen LogP contribution is 2.14. The summed E-state index contributed by atoms with van der Waals surface area (Å²) in [5.41, 5.74) is 0.658. The van der Waals surface area contributed by atoms with E-state index in [0.717, 1.165) is 31.7 Å². The van der Waals surface area contributed by atoms with Crippen molar-refractivity contribution in [2.24, 2.45) is 0 Å². The summed E-state index contributed by atoms with van der Waals surface area (Å²) in [6.07, 6.45) is 3.37. The van der Waals surface area contributed by atoms with Gasteiger partial charge in [-0.3, -0.25) is 4.79 Å². The minimum atomic E-state index is -0.400. The zero-order chi connectivity index (χ0) is 16.7. The van der Waals surface area contributed by atoms with Crippen LogP contribution in [0.4, 0.5) is 15.9 Å². The van der Waals surface area contributed by atoms with Crippen molar-refractivity contribution in [3.8, 4) is 0 Å². The van der Waals surface area contributed by atoms with Crippen molar-refractivity contribution in [3.05, 3.63) is 48.2 Å². The predicted molar refractivity (Wildman–Crippen MR) is 89.2 cm³/mol. The number of aromatic nitrogens is 2. The van der Waals surface area contributed by atoms with Gasteiger partial charge in [0.15, 0.2) is 0 Å². The summed E-state index contributed by atoms with van der Waals surface area (Å²) in [7, 11) is 0. The summed E-state index contributed by atoms with van der Waals surface area (Å²) in [5, 5.41) is 2.64. The Morgan fingerprint density at radius 3 is 2.57 bits per heavy atom. The topological polar surface area (TPSA) is 58.1 Å². The second-order valence-electron chi connectivity index (χ2n) is 5.21. The molecule has 0 spiro atoms. The zero-order valence-electron chi connectivity index (χ0n) is 13.4. The van der Waals surface area contributed by atoms with Gasteiger partial charge in [0.2, 0.25) is 0 Å². The van der Waals surface area contributed by atoms with E-state index < -0.39 is 5.82 Å². The zero-order valence-corrected chi connectivity index (χ0v) is 13.4. The second-order valence-corrected chi connectivity index (χ2v) is 5.21. The molecule has 0 radical (unpaired) electrons. The molecule has 0 atom stereocenters. The van der Waals surface area contributed by atoms with Crippen LogP contribution in [0, 0.1) is 5.82 Å². The molecule has 2 aromatic rings. The number of hydrogen-bond acceptors (Lipinski definition) is 4. The average molecular weight is 316 g/mol. The van der Waals surface area contributed by atoms with Crippen LogP contribution in [0.15, 0.2) is 36.7 Å². The lowest BCUT2D eigenvalue weighted by atomic mass is 10.2.